The standard InChI is InChI=1S/C6H6Cl3NO/c1-2-4-3-11-5(10-4)6(7,8)9/h2,4H,1,3H2/t4-/m0/s1. The van der Waals surface area contributed by atoms with Crippen LogP contribution in [0, 0.1) is 0 Å². The molecule has 0 aromatic rings. The van der Waals surface area contributed by atoms with Gasteiger partial charge in [-0.15, -0.1) is 6.58 Å². The molecule has 0 N–H and O–H groups in total. The molecule has 0 aromatic carbocycles. The maximum absolute atomic E-state index is 5.50. The Balaban J connectivity index is 2.69. The van der Waals surface area contributed by atoms with Gasteiger partial charge in [0.25, 0.3) is 3.79 Å². The van der Waals surface area contributed by atoms with Gasteiger partial charge in [0.15, 0.2) is 0 Å². The van der Waals surface area contributed by atoms with Crippen LogP contribution in [0.15, 0.2) is 17.6 Å². The summed E-state index contributed by atoms with van der Waals surface area (Å²) in [5.41, 5.74) is 0. The van der Waals surface area contributed by atoms with Crippen LogP contribution in [0.2, 0.25) is 0 Å². The summed E-state index contributed by atoms with van der Waals surface area (Å²) in [5, 5.41) is 0. The molecule has 0 amide bonds. The zero-order valence-electron chi connectivity index (χ0n) is 5.56. The average Bonchev–Trinajstić information content (AvgIpc) is 2.32. The summed E-state index contributed by atoms with van der Waals surface area (Å²) < 4.78 is 3.46. The van der Waals surface area contributed by atoms with Crippen LogP contribution in [0.5, 0.6) is 0 Å². The Morgan fingerprint density at radius 2 is 2.27 bits per heavy atom. The van der Waals surface area contributed by atoms with Crippen LogP contribution in [0.25, 0.3) is 0 Å². The normalized spacial score (nSPS) is 24.3. The van der Waals surface area contributed by atoms with E-state index in [0.29, 0.717) is 6.61 Å². The number of hydrogen-bond acceptors (Lipinski definition) is 2. The number of halogens is 3. The third-order valence-corrected chi connectivity index (χ3v) is 1.67. The van der Waals surface area contributed by atoms with Crippen molar-refractivity contribution in [2.75, 3.05) is 6.61 Å². The summed E-state index contributed by atoms with van der Waals surface area (Å²) in [6, 6.07) is -0.0828. The molecular weight excluding hydrogens is 208 g/mol. The minimum atomic E-state index is -1.54. The highest BCUT2D eigenvalue weighted by Gasteiger charge is 2.34. The van der Waals surface area contributed by atoms with E-state index in [2.05, 4.69) is 11.6 Å². The van der Waals surface area contributed by atoms with E-state index in [9.17, 15) is 0 Å². The molecule has 0 aromatic heterocycles. The van der Waals surface area contributed by atoms with Crippen molar-refractivity contribution in [1.82, 2.24) is 0 Å². The van der Waals surface area contributed by atoms with Gasteiger partial charge in [-0.05, 0) is 0 Å². The second kappa shape index (κ2) is 3.21. The van der Waals surface area contributed by atoms with Crippen molar-refractivity contribution in [2.45, 2.75) is 9.83 Å². The van der Waals surface area contributed by atoms with Gasteiger partial charge < -0.3 is 4.74 Å². The van der Waals surface area contributed by atoms with Gasteiger partial charge >= 0.3 is 0 Å². The van der Waals surface area contributed by atoms with Crippen molar-refractivity contribution in [3.05, 3.63) is 12.7 Å². The van der Waals surface area contributed by atoms with Gasteiger partial charge in [-0.1, -0.05) is 40.9 Å². The lowest BCUT2D eigenvalue weighted by molar-refractivity contribution is 0.326. The fourth-order valence-corrected chi connectivity index (χ4v) is 0.975. The monoisotopic (exact) mass is 213 g/mol. The van der Waals surface area contributed by atoms with Crippen LogP contribution in [0.3, 0.4) is 0 Å². The van der Waals surface area contributed by atoms with Gasteiger partial charge in [0.1, 0.15) is 12.6 Å². The Morgan fingerprint density at radius 1 is 1.64 bits per heavy atom. The summed E-state index contributed by atoms with van der Waals surface area (Å²) in [5.74, 6) is 0.146. The van der Waals surface area contributed by atoms with E-state index in [-0.39, 0.29) is 11.9 Å². The minimum Gasteiger partial charge on any atom is -0.475 e. The quantitative estimate of drug-likeness (QED) is 0.485. The second-order valence-corrected chi connectivity index (χ2v) is 4.33. The molecule has 0 fully saturated rings. The summed E-state index contributed by atoms with van der Waals surface area (Å²) >= 11 is 16.5. The molecule has 11 heavy (non-hydrogen) atoms. The fraction of sp³-hybridized carbons (Fsp3) is 0.500. The number of alkyl halides is 3. The van der Waals surface area contributed by atoms with Crippen LogP contribution >= 0.6 is 34.8 Å². The largest absolute Gasteiger partial charge is 0.475 e. The molecule has 2 nitrogen and oxygen atoms in total. The van der Waals surface area contributed by atoms with Crippen LogP contribution in [-0.2, 0) is 4.74 Å². The lowest BCUT2D eigenvalue weighted by atomic mass is 10.3. The zero-order valence-corrected chi connectivity index (χ0v) is 7.83. The number of nitrogens with zero attached hydrogens (tertiary/aromatic N) is 1. The first kappa shape index (κ1) is 9.17. The van der Waals surface area contributed by atoms with Crippen molar-refractivity contribution in [2.24, 2.45) is 4.99 Å². The van der Waals surface area contributed by atoms with Gasteiger partial charge in [-0.2, -0.15) is 0 Å². The predicted molar refractivity (Wildman–Crippen MR) is 47.7 cm³/mol. The molecule has 1 atom stereocenters. The molecule has 0 saturated carbocycles. The molecular formula is C6H6Cl3NO. The third-order valence-electron chi connectivity index (χ3n) is 1.19. The van der Waals surface area contributed by atoms with E-state index in [0.717, 1.165) is 0 Å². The molecule has 1 aliphatic heterocycles. The van der Waals surface area contributed by atoms with E-state index < -0.39 is 3.79 Å². The Labute approximate surface area is 79.8 Å². The molecule has 62 valence electrons. The second-order valence-electron chi connectivity index (χ2n) is 2.05. The number of rotatable bonds is 1. The predicted octanol–water partition coefficient (Wildman–Crippen LogP) is 2.34. The molecule has 5 heteroatoms. The SMILES string of the molecule is C=C[C@H]1COC(C(Cl)(Cl)Cl)=N1. The van der Waals surface area contributed by atoms with Crippen LogP contribution in [0.1, 0.15) is 0 Å². The summed E-state index contributed by atoms with van der Waals surface area (Å²) in [4.78, 5) is 3.96. The molecule has 0 aliphatic carbocycles. The number of ether oxygens (including phenoxy) is 1. The average molecular weight is 214 g/mol. The molecule has 0 radical (unpaired) electrons. The molecule has 0 spiro atoms. The number of hydrogen-bond donors (Lipinski definition) is 0. The molecule has 0 saturated heterocycles. The molecule has 1 aliphatic rings. The highest BCUT2D eigenvalue weighted by molar-refractivity contribution is 6.76. The van der Waals surface area contributed by atoms with Crippen LogP contribution < -0.4 is 0 Å². The summed E-state index contributed by atoms with van der Waals surface area (Å²) in [6.07, 6.45) is 1.64. The summed E-state index contributed by atoms with van der Waals surface area (Å²) in [6.45, 7) is 3.95. The van der Waals surface area contributed by atoms with E-state index >= 15 is 0 Å². The van der Waals surface area contributed by atoms with Gasteiger partial charge in [0.2, 0.25) is 5.90 Å². The Morgan fingerprint density at radius 3 is 2.55 bits per heavy atom. The lowest BCUT2D eigenvalue weighted by Gasteiger charge is -2.08. The maximum atomic E-state index is 5.50. The molecule has 0 unspecified atom stereocenters. The van der Waals surface area contributed by atoms with Gasteiger partial charge in [-0.3, -0.25) is 0 Å². The molecule has 1 rings (SSSR count). The zero-order chi connectivity index (χ0) is 8.48. The van der Waals surface area contributed by atoms with Crippen molar-refractivity contribution in [3.63, 3.8) is 0 Å². The van der Waals surface area contributed by atoms with Crippen LogP contribution in [0.4, 0.5) is 0 Å². The van der Waals surface area contributed by atoms with E-state index in [4.69, 9.17) is 39.5 Å². The van der Waals surface area contributed by atoms with E-state index in [1.165, 1.54) is 0 Å². The highest BCUT2D eigenvalue weighted by Crippen LogP contribution is 2.31. The highest BCUT2D eigenvalue weighted by atomic mass is 35.6. The fourth-order valence-electron chi connectivity index (χ4n) is 0.665. The van der Waals surface area contributed by atoms with E-state index in [1.54, 1.807) is 6.08 Å². The summed E-state index contributed by atoms with van der Waals surface area (Å²) in [7, 11) is 0. The first-order chi connectivity index (χ1) is 5.04. The van der Waals surface area contributed by atoms with Gasteiger partial charge in [0, 0.05) is 0 Å². The van der Waals surface area contributed by atoms with Crippen molar-refractivity contribution in [3.8, 4) is 0 Å². The van der Waals surface area contributed by atoms with Crippen LogP contribution in [-0.4, -0.2) is 22.3 Å². The molecule has 1 heterocycles. The van der Waals surface area contributed by atoms with Gasteiger partial charge in [0.05, 0.1) is 0 Å². The minimum absolute atomic E-state index is 0.0828. The Bertz CT molecular complexity index is 196. The number of aliphatic imine (C=N–C) groups is 1. The van der Waals surface area contributed by atoms with Gasteiger partial charge in [-0.25, -0.2) is 4.99 Å². The third kappa shape index (κ3) is 2.26. The smallest absolute Gasteiger partial charge is 0.266 e. The Kier molecular flexibility index (Phi) is 2.68. The first-order valence-corrected chi connectivity index (χ1v) is 4.08. The van der Waals surface area contributed by atoms with E-state index in [1.807, 2.05) is 0 Å². The van der Waals surface area contributed by atoms with Crippen molar-refractivity contribution >= 4 is 40.7 Å². The van der Waals surface area contributed by atoms with Crippen molar-refractivity contribution in [1.29, 1.82) is 0 Å². The van der Waals surface area contributed by atoms with Crippen molar-refractivity contribution < 1.29 is 4.74 Å². The lowest BCUT2D eigenvalue weighted by Crippen LogP contribution is -2.18. The topological polar surface area (TPSA) is 21.6 Å². The molecule has 0 bridgehead atoms. The maximum Gasteiger partial charge on any atom is 0.266 e. The Hall–Kier alpha value is 0.0800. The first-order valence-electron chi connectivity index (χ1n) is 2.94.